The molecule has 3 N–H and O–H groups in total. The average Bonchev–Trinajstić information content (AvgIpc) is 3.97. The zero-order valence-electron chi connectivity index (χ0n) is 32.5. The summed E-state index contributed by atoms with van der Waals surface area (Å²) in [7, 11) is -4.37. The van der Waals surface area contributed by atoms with E-state index >= 15 is 8.78 Å². The van der Waals surface area contributed by atoms with Gasteiger partial charge >= 0.3 is 10.2 Å². The topological polar surface area (TPSA) is 180 Å². The number of piperidine rings is 1. The molecule has 2 saturated heterocycles. The second-order valence-electron chi connectivity index (χ2n) is 15.7. The summed E-state index contributed by atoms with van der Waals surface area (Å²) < 4.78 is 85.5. The molecule has 4 aliphatic rings. The third-order valence-corrected chi connectivity index (χ3v) is 13.2. The largest absolute Gasteiger partial charge is 0.490 e. The Bertz CT molecular complexity index is 2700. The molecule has 1 aliphatic carbocycles. The number of carbonyl (C=O) groups is 4. The molecule has 5 aromatic rings. The van der Waals surface area contributed by atoms with Gasteiger partial charge in [-0.15, -0.1) is 0 Å². The average molecular weight is 857 g/mol. The van der Waals surface area contributed by atoms with E-state index in [0.717, 1.165) is 53.2 Å². The molecule has 1 unspecified atom stereocenters. The van der Waals surface area contributed by atoms with Crippen molar-refractivity contribution in [1.29, 1.82) is 0 Å². The highest BCUT2D eigenvalue weighted by molar-refractivity contribution is 7.90. The minimum absolute atomic E-state index is 0.00653. The molecule has 2 aromatic heterocycles. The highest BCUT2D eigenvalue weighted by Crippen LogP contribution is 2.34. The summed E-state index contributed by atoms with van der Waals surface area (Å²) in [6, 6.07) is 15.3. The number of H-pyrrole nitrogens is 1. The number of aromatic nitrogens is 2. The predicted octanol–water partition coefficient (Wildman–Crippen LogP) is 5.97. The minimum atomic E-state index is -4.37. The van der Waals surface area contributed by atoms with Gasteiger partial charge in [0, 0.05) is 60.5 Å². The van der Waals surface area contributed by atoms with Crippen LogP contribution >= 0.6 is 0 Å². The molecule has 1 saturated carbocycles. The fraction of sp³-hybridized carbons (Fsp3) is 0.326. The maximum absolute atomic E-state index is 15.7. The molecule has 3 aliphatic heterocycles. The second kappa shape index (κ2) is 16.0. The standard InChI is InChI=1S/C43H39F3N6O8S/c44-26-15-16-51(22-26)61(57,58)50-35-12-11-34(45)38(39(35)46)40(54)33-20-48-41-32(33)18-24(19-47-41)23-1-3-27(4-2-23)59-28-5-7-29(8-6-28)60-30-9-10-31-25(17-30)21-52(43(31)56)36-13-14-37(53)49-42(36)55/h1-4,9-12,17-20,26,28-29,36,50H,5-8,13-16,21-22H2,(H,47,48)(H,49,53,55)/t26-,28-,29+,36?/m1/s1. The van der Waals surface area contributed by atoms with E-state index in [-0.39, 0.29) is 55.5 Å². The molecule has 14 nitrogen and oxygen atoms in total. The van der Waals surface area contributed by atoms with Gasteiger partial charge in [-0.05, 0) is 98.2 Å². The molecule has 0 radical (unpaired) electrons. The van der Waals surface area contributed by atoms with Crippen LogP contribution in [0.5, 0.6) is 11.5 Å². The summed E-state index contributed by atoms with van der Waals surface area (Å²) in [5.41, 5.74) is 1.26. The van der Waals surface area contributed by atoms with Crippen molar-refractivity contribution in [2.24, 2.45) is 0 Å². The second-order valence-corrected chi connectivity index (χ2v) is 17.3. The van der Waals surface area contributed by atoms with Crippen LogP contribution in [0.15, 0.2) is 73.1 Å². The number of alkyl halides is 1. The van der Waals surface area contributed by atoms with E-state index in [4.69, 9.17) is 9.47 Å². The summed E-state index contributed by atoms with van der Waals surface area (Å²) in [4.78, 5) is 59.5. The normalized spacial score (nSPS) is 22.0. The Balaban J connectivity index is 0.818. The fourth-order valence-corrected chi connectivity index (χ4v) is 9.70. The van der Waals surface area contributed by atoms with Gasteiger partial charge in [0.15, 0.2) is 5.82 Å². The van der Waals surface area contributed by atoms with Crippen molar-refractivity contribution >= 4 is 50.4 Å². The third kappa shape index (κ3) is 7.92. The van der Waals surface area contributed by atoms with Crippen molar-refractivity contribution in [1.82, 2.24) is 24.5 Å². The molecular weight excluding hydrogens is 818 g/mol. The van der Waals surface area contributed by atoms with Crippen LogP contribution in [0.1, 0.15) is 76.8 Å². The number of pyridine rings is 1. The summed E-state index contributed by atoms with van der Waals surface area (Å²) in [6.07, 6.45) is 4.90. The zero-order valence-corrected chi connectivity index (χ0v) is 33.3. The summed E-state index contributed by atoms with van der Waals surface area (Å²) >= 11 is 0. The van der Waals surface area contributed by atoms with Crippen molar-refractivity contribution in [3.8, 4) is 22.6 Å². The Morgan fingerprint density at radius 1 is 0.869 bits per heavy atom. The number of anilines is 1. The van der Waals surface area contributed by atoms with E-state index in [2.05, 4.69) is 15.3 Å². The van der Waals surface area contributed by atoms with E-state index in [1.54, 1.807) is 24.4 Å². The van der Waals surface area contributed by atoms with E-state index in [0.29, 0.717) is 40.1 Å². The first-order valence-corrected chi connectivity index (χ1v) is 21.4. The summed E-state index contributed by atoms with van der Waals surface area (Å²) in [5.74, 6) is -3.35. The van der Waals surface area contributed by atoms with Crippen LogP contribution < -0.4 is 19.5 Å². The lowest BCUT2D eigenvalue weighted by molar-refractivity contribution is -0.136. The Hall–Kier alpha value is -6.27. The Labute approximate surface area is 347 Å². The first kappa shape index (κ1) is 40.2. The molecule has 5 heterocycles. The van der Waals surface area contributed by atoms with Gasteiger partial charge in [-0.25, -0.2) is 18.2 Å². The lowest BCUT2D eigenvalue weighted by Crippen LogP contribution is -2.52. The van der Waals surface area contributed by atoms with Crippen LogP contribution in [0.3, 0.4) is 0 Å². The van der Waals surface area contributed by atoms with E-state index in [1.807, 2.05) is 35.1 Å². The monoisotopic (exact) mass is 856 g/mol. The van der Waals surface area contributed by atoms with Crippen LogP contribution in [0.25, 0.3) is 22.2 Å². The molecule has 3 fully saturated rings. The number of nitrogens with one attached hydrogen (secondary N) is 3. The number of carbonyl (C=O) groups excluding carboxylic acids is 4. The third-order valence-electron chi connectivity index (χ3n) is 11.7. The first-order valence-electron chi connectivity index (χ1n) is 19.9. The molecular formula is C43H39F3N6O8S. The highest BCUT2D eigenvalue weighted by Gasteiger charge is 2.39. The molecule has 18 heteroatoms. The van der Waals surface area contributed by atoms with E-state index < -0.39 is 63.5 Å². The number of amides is 3. The number of fused-ring (bicyclic) bond motifs is 2. The number of aromatic amines is 1. The first-order chi connectivity index (χ1) is 29.3. The number of nitrogens with zero attached hydrogens (tertiary/aromatic N) is 3. The zero-order chi connectivity index (χ0) is 42.6. The van der Waals surface area contributed by atoms with Crippen LogP contribution in [-0.2, 0) is 26.3 Å². The van der Waals surface area contributed by atoms with Crippen molar-refractivity contribution in [2.45, 2.75) is 75.9 Å². The van der Waals surface area contributed by atoms with Gasteiger partial charge in [0.25, 0.3) is 5.91 Å². The Morgan fingerprint density at radius 2 is 1.59 bits per heavy atom. The van der Waals surface area contributed by atoms with Crippen molar-refractivity contribution in [3.05, 3.63) is 107 Å². The molecule has 316 valence electrons. The number of halogens is 3. The number of ether oxygens (including phenoxy) is 2. The van der Waals surface area contributed by atoms with Crippen LogP contribution in [0, 0.1) is 11.6 Å². The lowest BCUT2D eigenvalue weighted by atomic mass is 9.94. The van der Waals surface area contributed by atoms with Gasteiger partial charge in [0.2, 0.25) is 17.6 Å². The van der Waals surface area contributed by atoms with Crippen molar-refractivity contribution < 1.29 is 50.2 Å². The molecule has 3 amide bonds. The van der Waals surface area contributed by atoms with Crippen molar-refractivity contribution in [3.63, 3.8) is 0 Å². The SMILES string of the molecule is O=C1CCC(N2Cc3cc(O[C@H]4CC[C@@H](Oc5ccc(-c6cnc7[nH]cc(C(=O)c8c(F)ccc(NS(=O)(=O)N9CC[C@@H](F)C9)c8F)c7c6)cc5)CC4)ccc3C2=O)C(=O)N1. The smallest absolute Gasteiger partial charge is 0.301 e. The number of ketones is 1. The molecule has 0 spiro atoms. The van der Waals surface area contributed by atoms with Gasteiger partial charge in [-0.2, -0.15) is 12.7 Å². The fourth-order valence-electron chi connectivity index (χ4n) is 8.44. The number of benzene rings is 3. The van der Waals surface area contributed by atoms with Gasteiger partial charge in [-0.3, -0.25) is 29.2 Å². The van der Waals surface area contributed by atoms with Gasteiger partial charge in [0.1, 0.15) is 35.2 Å². The highest BCUT2D eigenvalue weighted by atomic mass is 32.2. The van der Waals surface area contributed by atoms with E-state index in [9.17, 15) is 32.0 Å². The number of imide groups is 1. The van der Waals surface area contributed by atoms with Crippen molar-refractivity contribution in [2.75, 3.05) is 17.8 Å². The summed E-state index contributed by atoms with van der Waals surface area (Å²) in [5, 5.41) is 2.61. The van der Waals surface area contributed by atoms with Gasteiger partial charge in [-0.1, -0.05) is 12.1 Å². The Kier molecular flexibility index (Phi) is 10.5. The van der Waals surface area contributed by atoms with Crippen LogP contribution in [-0.4, -0.2) is 88.6 Å². The molecule has 61 heavy (non-hydrogen) atoms. The molecule has 3 aromatic carbocycles. The minimum Gasteiger partial charge on any atom is -0.490 e. The van der Waals surface area contributed by atoms with Gasteiger partial charge in [0.05, 0.1) is 23.5 Å². The van der Waals surface area contributed by atoms with Crippen LogP contribution in [0.2, 0.25) is 0 Å². The summed E-state index contributed by atoms with van der Waals surface area (Å²) in [6.45, 7) is -0.232. The molecule has 0 bridgehead atoms. The Morgan fingerprint density at radius 3 is 2.30 bits per heavy atom. The number of hydrogen-bond donors (Lipinski definition) is 3. The maximum atomic E-state index is 15.7. The predicted molar refractivity (Wildman–Crippen MR) is 215 cm³/mol. The quantitative estimate of drug-likeness (QED) is 0.107. The lowest BCUT2D eigenvalue weighted by Gasteiger charge is -2.29. The molecule has 9 rings (SSSR count). The van der Waals surface area contributed by atoms with E-state index in [1.165, 1.54) is 11.1 Å². The maximum Gasteiger partial charge on any atom is 0.301 e. The molecule has 2 atom stereocenters. The number of rotatable bonds is 11. The number of hydrogen-bond acceptors (Lipinski definition) is 9. The van der Waals surface area contributed by atoms with Crippen LogP contribution in [0.4, 0.5) is 18.9 Å². The van der Waals surface area contributed by atoms with Gasteiger partial charge < -0.3 is 19.4 Å².